The van der Waals surface area contributed by atoms with Crippen molar-refractivity contribution in [3.05, 3.63) is 323 Å². The molecule has 20 rings (SSSR count). The number of rotatable bonds is 38. The highest BCUT2D eigenvalue weighted by Crippen LogP contribution is 2.37. The van der Waals surface area contributed by atoms with Gasteiger partial charge in [-0.25, -0.2) is 8.78 Å². The lowest BCUT2D eigenvalue weighted by atomic mass is 10.1. The van der Waals surface area contributed by atoms with Gasteiger partial charge in [-0.05, 0) is 300 Å². The topological polar surface area (TPSA) is 145 Å². The highest BCUT2D eigenvalue weighted by Gasteiger charge is 2.30. The number of aromatic nitrogens is 4. The van der Waals surface area contributed by atoms with E-state index < -0.39 is 0 Å². The van der Waals surface area contributed by atoms with Gasteiger partial charge in [-0.15, -0.1) is 0 Å². The Morgan fingerprint density at radius 2 is 0.527 bits per heavy atom. The van der Waals surface area contributed by atoms with Gasteiger partial charge in [-0.3, -0.25) is 38.8 Å². The Labute approximate surface area is 885 Å². The predicted molar refractivity (Wildman–Crippen MR) is 612 cm³/mol. The van der Waals surface area contributed by atoms with Gasteiger partial charge in [0.05, 0.1) is 14.2 Å². The zero-order chi connectivity index (χ0) is 105. The number of hydrogen-bond acceptors (Lipinski definition) is 14. The second-order valence-corrected chi connectivity index (χ2v) is 41.2. The summed E-state index contributed by atoms with van der Waals surface area (Å²) in [6.45, 7) is 38.2. The zero-order valence-electron chi connectivity index (χ0n) is 90.0. The van der Waals surface area contributed by atoms with Crippen molar-refractivity contribution in [2.24, 2.45) is 0 Å². The van der Waals surface area contributed by atoms with Crippen molar-refractivity contribution in [3.63, 3.8) is 0 Å². The number of nitrogens with zero attached hydrogens (tertiary/aromatic N) is 16. The maximum atomic E-state index is 13.5. The summed E-state index contributed by atoms with van der Waals surface area (Å²) >= 11 is 0. The van der Waals surface area contributed by atoms with Gasteiger partial charge < -0.3 is 66.9 Å². The lowest BCUT2D eigenvalue weighted by molar-refractivity contribution is 0.0632. The predicted octanol–water partition coefficient (Wildman–Crippen LogP) is 20.8. The monoisotopic (exact) mass is 2030 g/mol. The number of methoxy groups -OCH3 is 2. The molecule has 150 heavy (non-hydrogen) atoms. The second-order valence-electron chi connectivity index (χ2n) is 41.2. The van der Waals surface area contributed by atoms with E-state index in [0.717, 1.165) is 303 Å². The number of benzene rings is 12. The maximum Gasteiger partial charge on any atom is 0.253 e. The van der Waals surface area contributed by atoms with Crippen LogP contribution in [-0.4, -0.2) is 326 Å². The Morgan fingerprint density at radius 3 is 0.820 bits per heavy atom. The Kier molecular flexibility index (Phi) is 37.9. The molecule has 0 spiro atoms. The number of halogens is 2. The third-order valence-electron chi connectivity index (χ3n) is 31.2. The molecule has 0 N–H and O–H groups in total. The Balaban J connectivity index is 0.000000136. The van der Waals surface area contributed by atoms with Gasteiger partial charge in [-0.2, -0.15) is 0 Å². The van der Waals surface area contributed by atoms with Crippen molar-refractivity contribution in [2.45, 2.75) is 105 Å². The molecule has 16 aromatic rings. The number of hydrogen-bond donors (Lipinski definition) is 0. The third kappa shape index (κ3) is 27.1. The van der Waals surface area contributed by atoms with Gasteiger partial charge >= 0.3 is 0 Å². The van der Waals surface area contributed by atoms with Crippen LogP contribution in [0.15, 0.2) is 267 Å². The highest BCUT2D eigenvalue weighted by atomic mass is 19.1. The molecule has 0 radical (unpaired) electrons. The van der Waals surface area contributed by atoms with Crippen LogP contribution in [0.4, 0.5) is 8.78 Å². The van der Waals surface area contributed by atoms with Gasteiger partial charge in [0.15, 0.2) is 0 Å². The molecule has 4 saturated heterocycles. The molecule has 4 aliphatic heterocycles. The Bertz CT molecular complexity index is 7170. The molecular formula is C126H154F2N16O6. The van der Waals surface area contributed by atoms with Crippen LogP contribution in [0, 0.1) is 11.6 Å². The summed E-state index contributed by atoms with van der Waals surface area (Å²) in [5.74, 6) is 1.92. The van der Waals surface area contributed by atoms with Crippen LogP contribution in [0.25, 0.3) is 87.2 Å². The quantitative estimate of drug-likeness (QED) is 0.0362. The van der Waals surface area contributed by atoms with E-state index in [0.29, 0.717) is 13.1 Å². The number of piperazine rings is 4. The van der Waals surface area contributed by atoms with E-state index in [-0.39, 0.29) is 35.3 Å². The number of fused-ring (bicyclic) bond motifs is 12. The minimum Gasteiger partial charge on any atom is -0.497 e. The fourth-order valence-corrected chi connectivity index (χ4v) is 22.3. The number of carbonyl (C=O) groups is 4. The summed E-state index contributed by atoms with van der Waals surface area (Å²) in [6, 6.07) is 89.4. The highest BCUT2D eigenvalue weighted by molar-refractivity contribution is 6.14. The molecule has 0 atom stereocenters. The normalized spacial score (nSPS) is 14.7. The second kappa shape index (κ2) is 52.5. The molecule has 8 heterocycles. The Hall–Kier alpha value is -13.1. The summed E-state index contributed by atoms with van der Waals surface area (Å²) < 4.78 is 46.9. The minimum absolute atomic E-state index is 0.103. The SMILES string of the molecule is CCN(CC)CCCn1c2ccccc2c2cc(C(=O)N3CCN(CCc4ccc(F)cc4)CC3)ccc21.CCN(CC)CCCn1c2ccccc2c2cc(C(=O)N3CCN(CCc4ccc(OC)cc4)CC3)ccc21.CN(C)CCCn1c2ccccc2c2cc(C(=O)N3CCN(CCc4cccc(F)c4)CC3)ccc21.COc1cccc(CCN2CCN(C(=O)c3ccc4c(c3)c3ccccc3n4CCCN(C)C)CC2)c1. The van der Waals surface area contributed by atoms with E-state index in [9.17, 15) is 28.0 Å². The molecule has 4 amide bonds. The average Bonchev–Trinajstić information content (AvgIpc) is 1.62. The van der Waals surface area contributed by atoms with E-state index in [1.165, 1.54) is 106 Å². The standard InChI is InChI=1S/C33H42N4O2.C32H39FN4O.C31H38N4O2.C30H35FN4O/c1-4-34(5-2)18-8-19-37-31-10-7-6-9-29(31)30-25-27(13-16-32(30)37)33(38)36-23-21-35(22-24-36)20-17-26-11-14-28(39-3)15-12-26;1-3-34(4-2)17-7-18-37-30-9-6-5-8-28(30)29-24-26(12-15-31(29)37)32(38)36-22-20-35(21-23-36)19-16-25-10-13-27(33)14-11-25;1-32(2)15-7-16-35-29-11-5-4-10-27(29)28-23-25(12-13-30(28)35)31(36)34-20-18-33(19-21-34)17-14-24-8-6-9-26(22-24)37-3;1-32(2)14-6-15-35-28-10-4-3-9-26(28)27-22-24(11-12-29(27)35)30(36)34-19-17-33(18-20-34)16-13-23-7-5-8-25(31)21-23/h6-7,9-16,25H,4-5,8,17-24H2,1-3H3;5-6,8-15,24H,3-4,7,16-23H2,1-2H3;4-6,8-13,22-23H,7,14-21H2,1-3H3;3-5,7-12,21-22H,6,13-20H2,1-2H3. The first-order chi connectivity index (χ1) is 73.2. The molecule has 0 saturated carbocycles. The number of carbonyl (C=O) groups excluding carboxylic acids is 4. The first kappa shape index (κ1) is 108. The molecule has 4 fully saturated rings. The number of aryl methyl sites for hydroxylation is 4. The van der Waals surface area contributed by atoms with Crippen molar-refractivity contribution in [1.29, 1.82) is 0 Å². The molecular weight excluding hydrogens is 1870 g/mol. The van der Waals surface area contributed by atoms with Crippen LogP contribution in [0.3, 0.4) is 0 Å². The van der Waals surface area contributed by atoms with E-state index in [2.05, 4.69) is 283 Å². The van der Waals surface area contributed by atoms with E-state index in [4.69, 9.17) is 9.47 Å². The van der Waals surface area contributed by atoms with Crippen molar-refractivity contribution in [3.8, 4) is 11.5 Å². The average molecular weight is 2030 g/mol. The fraction of sp³-hybridized carbons (Fsp3) is 0.397. The van der Waals surface area contributed by atoms with Crippen molar-refractivity contribution >= 4 is 111 Å². The molecule has 4 aliphatic rings. The van der Waals surface area contributed by atoms with Gasteiger partial charge in [0.25, 0.3) is 23.6 Å². The van der Waals surface area contributed by atoms with Crippen molar-refractivity contribution in [2.75, 3.05) is 226 Å². The van der Waals surface area contributed by atoms with Gasteiger partial charge in [-0.1, -0.05) is 149 Å². The Morgan fingerprint density at radius 1 is 0.253 bits per heavy atom. The number of ether oxygens (including phenoxy) is 2. The van der Waals surface area contributed by atoms with Crippen LogP contribution in [0.2, 0.25) is 0 Å². The largest absolute Gasteiger partial charge is 0.497 e. The first-order valence-electron chi connectivity index (χ1n) is 54.8. The third-order valence-corrected chi connectivity index (χ3v) is 31.2. The molecule has 4 aromatic heterocycles. The molecule has 0 bridgehead atoms. The zero-order valence-corrected chi connectivity index (χ0v) is 90.0. The van der Waals surface area contributed by atoms with Crippen LogP contribution < -0.4 is 9.47 Å². The van der Waals surface area contributed by atoms with Gasteiger partial charge in [0.1, 0.15) is 23.1 Å². The van der Waals surface area contributed by atoms with Crippen LogP contribution in [-0.2, 0) is 51.9 Å². The van der Waals surface area contributed by atoms with E-state index >= 15 is 0 Å². The summed E-state index contributed by atoms with van der Waals surface area (Å²) in [4.78, 5) is 80.9. The number of para-hydroxylation sites is 4. The van der Waals surface area contributed by atoms with Crippen LogP contribution >= 0.6 is 0 Å². The summed E-state index contributed by atoms with van der Waals surface area (Å²) in [5.41, 5.74) is 17.6. The van der Waals surface area contributed by atoms with E-state index in [1.807, 2.05) is 86.3 Å². The molecule has 12 aromatic carbocycles. The smallest absolute Gasteiger partial charge is 0.253 e. The van der Waals surface area contributed by atoms with Gasteiger partial charge in [0.2, 0.25) is 0 Å². The maximum absolute atomic E-state index is 13.5. The molecule has 0 aliphatic carbocycles. The van der Waals surface area contributed by atoms with E-state index in [1.54, 1.807) is 26.4 Å². The summed E-state index contributed by atoms with van der Waals surface area (Å²) in [6.07, 6.45) is 8.08. The molecule has 788 valence electrons. The van der Waals surface area contributed by atoms with Crippen molar-refractivity contribution < 1.29 is 37.4 Å². The lowest BCUT2D eigenvalue weighted by Gasteiger charge is -2.34. The molecule has 0 unspecified atom stereocenters. The van der Waals surface area contributed by atoms with Crippen LogP contribution in [0.5, 0.6) is 11.5 Å². The van der Waals surface area contributed by atoms with Crippen molar-refractivity contribution in [1.82, 2.24) is 77.1 Å². The summed E-state index contributed by atoms with van der Waals surface area (Å²) in [7, 11) is 11.8. The molecule has 22 nitrogen and oxygen atoms in total. The van der Waals surface area contributed by atoms with Crippen LogP contribution in [0.1, 0.15) is 117 Å². The molecule has 24 heteroatoms. The summed E-state index contributed by atoms with van der Waals surface area (Å²) in [5, 5.41) is 9.52. The lowest BCUT2D eigenvalue weighted by Crippen LogP contribution is -2.49. The fourth-order valence-electron chi connectivity index (χ4n) is 22.3. The minimum atomic E-state index is -0.195. The first-order valence-corrected chi connectivity index (χ1v) is 54.8. The van der Waals surface area contributed by atoms with Gasteiger partial charge in [0, 0.05) is 267 Å². The number of amides is 4.